The topological polar surface area (TPSA) is 116 Å². The summed E-state index contributed by atoms with van der Waals surface area (Å²) in [5.41, 5.74) is 0.640. The normalized spacial score (nSPS) is 18.2. The maximum atomic E-state index is 12.9. The van der Waals surface area contributed by atoms with Gasteiger partial charge in [0, 0.05) is 25.2 Å². The van der Waals surface area contributed by atoms with E-state index in [1.165, 1.54) is 37.0 Å². The second kappa shape index (κ2) is 9.37. The molecule has 0 N–H and O–H groups in total. The lowest BCUT2D eigenvalue weighted by molar-refractivity contribution is -0.141. The number of nitrogens with zero attached hydrogens (tertiary/aromatic N) is 3. The fraction of sp³-hybridized carbons (Fsp3) is 0.526. The Balaban J connectivity index is 2.06. The summed E-state index contributed by atoms with van der Waals surface area (Å²) in [5.74, 6) is -0.470. The molecule has 2 heterocycles. The predicted octanol–water partition coefficient (Wildman–Crippen LogP) is 0.992. The molecule has 1 unspecified atom stereocenters. The maximum Gasteiger partial charge on any atom is 0.325 e. The van der Waals surface area contributed by atoms with Gasteiger partial charge in [0.15, 0.2) is 16.3 Å². The number of sulfonamides is 1. The zero-order chi connectivity index (χ0) is 22.8. The van der Waals surface area contributed by atoms with Gasteiger partial charge >= 0.3 is 5.97 Å². The number of carbonyl (C=O) groups is 2. The number of methoxy groups -OCH3 is 3. The molecular weight excluding hydrogens is 446 g/mol. The minimum Gasteiger partial charge on any atom is -0.493 e. The van der Waals surface area contributed by atoms with Crippen LogP contribution >= 0.6 is 11.3 Å². The first-order valence-corrected chi connectivity index (χ1v) is 12.2. The Labute approximate surface area is 184 Å². The van der Waals surface area contributed by atoms with Crippen LogP contribution in [0.3, 0.4) is 0 Å². The van der Waals surface area contributed by atoms with Crippen LogP contribution in [0.25, 0.3) is 10.2 Å². The van der Waals surface area contributed by atoms with E-state index in [-0.39, 0.29) is 13.1 Å². The van der Waals surface area contributed by atoms with Crippen LogP contribution in [-0.2, 0) is 30.9 Å². The lowest BCUT2D eigenvalue weighted by Crippen LogP contribution is -2.41. The molecule has 1 saturated heterocycles. The number of hydrogen-bond donors (Lipinski definition) is 0. The molecule has 1 aromatic carbocycles. The van der Waals surface area contributed by atoms with Gasteiger partial charge in [0.1, 0.15) is 6.54 Å². The number of thiazole rings is 1. The minimum atomic E-state index is -3.38. The van der Waals surface area contributed by atoms with Crippen LogP contribution in [0.2, 0.25) is 0 Å². The monoisotopic (exact) mass is 471 g/mol. The fourth-order valence-corrected chi connectivity index (χ4v) is 5.42. The molecule has 0 aliphatic carbocycles. The molecule has 1 amide bonds. The van der Waals surface area contributed by atoms with Crippen molar-refractivity contribution in [2.45, 2.75) is 19.4 Å². The first-order valence-electron chi connectivity index (χ1n) is 9.53. The molecule has 170 valence electrons. The van der Waals surface area contributed by atoms with Crippen LogP contribution in [0.15, 0.2) is 17.1 Å². The smallest absolute Gasteiger partial charge is 0.325 e. The molecule has 1 fully saturated rings. The quantitative estimate of drug-likeness (QED) is 0.577. The lowest BCUT2D eigenvalue weighted by atomic mass is 9.99. The number of amides is 1. The predicted molar refractivity (Wildman–Crippen MR) is 115 cm³/mol. The van der Waals surface area contributed by atoms with E-state index in [1.54, 1.807) is 16.7 Å². The van der Waals surface area contributed by atoms with Crippen LogP contribution in [0.5, 0.6) is 11.5 Å². The summed E-state index contributed by atoms with van der Waals surface area (Å²) in [6.45, 7) is 0.358. The van der Waals surface area contributed by atoms with Gasteiger partial charge in [0.25, 0.3) is 5.91 Å². The number of esters is 1. The van der Waals surface area contributed by atoms with E-state index < -0.39 is 27.8 Å². The third-order valence-electron chi connectivity index (χ3n) is 5.11. The zero-order valence-electron chi connectivity index (χ0n) is 17.8. The van der Waals surface area contributed by atoms with E-state index in [1.807, 2.05) is 0 Å². The zero-order valence-corrected chi connectivity index (χ0v) is 19.4. The van der Waals surface area contributed by atoms with Gasteiger partial charge in [0.05, 0.1) is 43.7 Å². The molecule has 1 aliphatic rings. The standard InChI is InChI=1S/C19H25N3O7S2/c1-27-14-8-13-16(9-15(14)28-2)30-19(22(13)11-17(23)29-3)20-18(24)12-6-5-7-21(10-12)31(4,25)26/h8-9,12H,5-7,10-11H2,1-4H3. The van der Waals surface area contributed by atoms with Gasteiger partial charge in [-0.1, -0.05) is 11.3 Å². The fourth-order valence-electron chi connectivity index (χ4n) is 3.46. The third kappa shape index (κ3) is 5.08. The van der Waals surface area contributed by atoms with Crippen LogP contribution in [-0.4, -0.2) is 69.8 Å². The molecule has 0 spiro atoms. The molecule has 1 aromatic heterocycles. The van der Waals surface area contributed by atoms with E-state index >= 15 is 0 Å². The highest BCUT2D eigenvalue weighted by Crippen LogP contribution is 2.33. The number of hydrogen-bond acceptors (Lipinski definition) is 8. The van der Waals surface area contributed by atoms with Crippen LogP contribution in [0.1, 0.15) is 12.8 Å². The largest absolute Gasteiger partial charge is 0.493 e. The molecule has 0 saturated carbocycles. The summed E-state index contributed by atoms with van der Waals surface area (Å²) in [6, 6.07) is 3.46. The van der Waals surface area contributed by atoms with Crippen molar-refractivity contribution in [3.63, 3.8) is 0 Å². The van der Waals surface area contributed by atoms with Crippen molar-refractivity contribution >= 4 is 43.5 Å². The summed E-state index contributed by atoms with van der Waals surface area (Å²) < 4.78 is 42.8. The van der Waals surface area contributed by atoms with Crippen molar-refractivity contribution in [1.29, 1.82) is 0 Å². The molecule has 1 atom stereocenters. The molecule has 31 heavy (non-hydrogen) atoms. The molecule has 1 aliphatic heterocycles. The van der Waals surface area contributed by atoms with Gasteiger partial charge in [-0.2, -0.15) is 4.99 Å². The molecule has 0 bridgehead atoms. The summed E-state index contributed by atoms with van der Waals surface area (Å²) in [6.07, 6.45) is 2.27. The Kier molecular flexibility index (Phi) is 7.02. The average molecular weight is 472 g/mol. The van der Waals surface area contributed by atoms with Gasteiger partial charge in [-0.15, -0.1) is 0 Å². The van der Waals surface area contributed by atoms with E-state index in [9.17, 15) is 18.0 Å². The minimum absolute atomic E-state index is 0.102. The van der Waals surface area contributed by atoms with Gasteiger partial charge < -0.3 is 18.8 Å². The van der Waals surface area contributed by atoms with Crippen LogP contribution < -0.4 is 14.3 Å². The van der Waals surface area contributed by atoms with Crippen molar-refractivity contribution in [3.8, 4) is 11.5 Å². The number of rotatable bonds is 6. The Hall–Kier alpha value is -2.44. The molecular formula is C19H25N3O7S2. The van der Waals surface area contributed by atoms with Crippen molar-refractivity contribution in [3.05, 3.63) is 16.9 Å². The summed E-state index contributed by atoms with van der Waals surface area (Å²) in [4.78, 5) is 29.5. The molecule has 10 nitrogen and oxygen atoms in total. The number of ether oxygens (including phenoxy) is 3. The summed E-state index contributed by atoms with van der Waals surface area (Å²) in [5, 5.41) is 0. The van der Waals surface area contributed by atoms with Gasteiger partial charge in [-0.3, -0.25) is 9.59 Å². The summed E-state index contributed by atoms with van der Waals surface area (Å²) >= 11 is 1.22. The average Bonchev–Trinajstić information content (AvgIpc) is 3.07. The van der Waals surface area contributed by atoms with Gasteiger partial charge in [-0.05, 0) is 12.8 Å². The lowest BCUT2D eigenvalue weighted by Gasteiger charge is -2.28. The Morgan fingerprint density at radius 3 is 2.48 bits per heavy atom. The van der Waals surface area contributed by atoms with E-state index in [2.05, 4.69) is 4.99 Å². The van der Waals surface area contributed by atoms with E-state index in [4.69, 9.17) is 14.2 Å². The Morgan fingerprint density at radius 1 is 1.19 bits per heavy atom. The summed E-state index contributed by atoms with van der Waals surface area (Å²) in [7, 11) is 0.927. The van der Waals surface area contributed by atoms with Gasteiger partial charge in [-0.25, -0.2) is 12.7 Å². The second-order valence-electron chi connectivity index (χ2n) is 7.13. The Bertz CT molecular complexity index is 1170. The number of fused-ring (bicyclic) bond motifs is 1. The van der Waals surface area contributed by atoms with Gasteiger partial charge in [0.2, 0.25) is 10.0 Å². The molecule has 12 heteroatoms. The first-order chi connectivity index (χ1) is 14.7. The number of benzene rings is 1. The van der Waals surface area contributed by atoms with Crippen LogP contribution in [0, 0.1) is 5.92 Å². The first kappa shape index (κ1) is 23.2. The van der Waals surface area contributed by atoms with Crippen molar-refractivity contribution in [2.24, 2.45) is 10.9 Å². The number of piperidine rings is 1. The van der Waals surface area contributed by atoms with Crippen molar-refractivity contribution in [2.75, 3.05) is 40.7 Å². The highest BCUT2D eigenvalue weighted by molar-refractivity contribution is 7.88. The molecule has 3 rings (SSSR count). The Morgan fingerprint density at radius 2 is 1.87 bits per heavy atom. The van der Waals surface area contributed by atoms with E-state index in [0.29, 0.717) is 41.2 Å². The van der Waals surface area contributed by atoms with Crippen molar-refractivity contribution in [1.82, 2.24) is 8.87 Å². The third-order valence-corrected chi connectivity index (χ3v) is 7.42. The SMILES string of the molecule is COC(=O)Cn1c(=NC(=O)C2CCCN(S(C)(=O)=O)C2)sc2cc(OC)c(OC)cc21. The highest BCUT2D eigenvalue weighted by Gasteiger charge is 2.30. The van der Waals surface area contributed by atoms with Crippen LogP contribution in [0.4, 0.5) is 0 Å². The van der Waals surface area contributed by atoms with Crippen molar-refractivity contribution < 1.29 is 32.2 Å². The van der Waals surface area contributed by atoms with E-state index in [0.717, 1.165) is 11.0 Å². The number of carbonyl (C=O) groups excluding carboxylic acids is 2. The highest BCUT2D eigenvalue weighted by atomic mass is 32.2. The number of aromatic nitrogens is 1. The second-order valence-corrected chi connectivity index (χ2v) is 10.1. The molecule has 0 radical (unpaired) electrons. The molecule has 2 aromatic rings. The maximum absolute atomic E-state index is 12.9.